The van der Waals surface area contributed by atoms with Crippen LogP contribution in [0.5, 0.6) is 5.75 Å². The van der Waals surface area contributed by atoms with Crippen molar-refractivity contribution in [2.24, 2.45) is 0 Å². The maximum atomic E-state index is 13.7. The molecule has 0 N–H and O–H groups in total. The molecule has 0 unspecified atom stereocenters. The summed E-state index contributed by atoms with van der Waals surface area (Å²) in [6.45, 7) is 0.0760. The van der Waals surface area contributed by atoms with Crippen LogP contribution in [0.25, 0.3) is 11.5 Å². The van der Waals surface area contributed by atoms with Crippen LogP contribution in [0.15, 0.2) is 22.6 Å². The van der Waals surface area contributed by atoms with Crippen LogP contribution in [-0.2, 0) is 16.1 Å². The lowest BCUT2D eigenvalue weighted by atomic mass is 10.2. The fourth-order valence-electron chi connectivity index (χ4n) is 1.76. The summed E-state index contributed by atoms with van der Waals surface area (Å²) in [4.78, 5) is 15.8. The predicted octanol–water partition coefficient (Wildman–Crippen LogP) is 2.42. The molecule has 21 heavy (non-hydrogen) atoms. The van der Waals surface area contributed by atoms with Gasteiger partial charge in [-0.25, -0.2) is 14.2 Å². The van der Waals surface area contributed by atoms with Crippen molar-refractivity contribution in [3.8, 4) is 17.2 Å². The topological polar surface area (TPSA) is 70.8 Å². The van der Waals surface area contributed by atoms with Crippen molar-refractivity contribution in [1.29, 1.82) is 0 Å². The number of aromatic nitrogens is 1. The summed E-state index contributed by atoms with van der Waals surface area (Å²) in [6.07, 6.45) is 0. The number of esters is 1. The van der Waals surface area contributed by atoms with E-state index < -0.39 is 11.8 Å². The van der Waals surface area contributed by atoms with Crippen LogP contribution in [0.1, 0.15) is 16.2 Å². The van der Waals surface area contributed by atoms with E-state index in [1.165, 1.54) is 33.5 Å². The van der Waals surface area contributed by atoms with Crippen molar-refractivity contribution in [2.45, 2.75) is 6.61 Å². The number of halogens is 1. The Labute approximate surface area is 120 Å². The Hall–Kier alpha value is -2.41. The molecule has 0 bridgehead atoms. The molecule has 0 radical (unpaired) electrons. The van der Waals surface area contributed by atoms with E-state index in [0.717, 1.165) is 0 Å². The number of carbonyl (C=O) groups is 1. The molecule has 2 aromatic rings. The largest absolute Gasteiger partial charge is 0.494 e. The van der Waals surface area contributed by atoms with Gasteiger partial charge in [0.15, 0.2) is 11.6 Å². The fraction of sp³-hybridized carbons (Fsp3) is 0.286. The highest BCUT2D eigenvalue weighted by Crippen LogP contribution is 2.27. The molecule has 0 aliphatic heterocycles. The first kappa shape index (κ1) is 15.0. The molecule has 1 aromatic carbocycles. The average Bonchev–Trinajstić information content (AvgIpc) is 2.91. The second kappa shape index (κ2) is 6.36. The van der Waals surface area contributed by atoms with Gasteiger partial charge in [-0.2, -0.15) is 0 Å². The number of ether oxygens (including phenoxy) is 3. The second-order valence-electron chi connectivity index (χ2n) is 4.07. The monoisotopic (exact) mass is 295 g/mol. The predicted molar refractivity (Wildman–Crippen MR) is 70.5 cm³/mol. The highest BCUT2D eigenvalue weighted by molar-refractivity contribution is 5.87. The van der Waals surface area contributed by atoms with Gasteiger partial charge in [-0.3, -0.25) is 0 Å². The third-order valence-corrected chi connectivity index (χ3v) is 2.75. The molecule has 0 spiro atoms. The summed E-state index contributed by atoms with van der Waals surface area (Å²) in [5, 5.41) is 0. The molecular formula is C14H14FNO5. The lowest BCUT2D eigenvalue weighted by molar-refractivity contribution is 0.0559. The van der Waals surface area contributed by atoms with Crippen molar-refractivity contribution in [3.63, 3.8) is 0 Å². The first-order chi connectivity index (χ1) is 10.1. The van der Waals surface area contributed by atoms with Gasteiger partial charge in [0.1, 0.15) is 5.69 Å². The van der Waals surface area contributed by atoms with Gasteiger partial charge >= 0.3 is 5.97 Å². The van der Waals surface area contributed by atoms with Gasteiger partial charge in [0.05, 0.1) is 20.8 Å². The van der Waals surface area contributed by atoms with Gasteiger partial charge in [0, 0.05) is 12.7 Å². The Balaban J connectivity index is 2.44. The quantitative estimate of drug-likeness (QED) is 0.789. The number of carbonyl (C=O) groups excluding carboxylic acids is 1. The van der Waals surface area contributed by atoms with E-state index in [2.05, 4.69) is 9.72 Å². The molecule has 0 aliphatic carbocycles. The van der Waals surface area contributed by atoms with E-state index in [4.69, 9.17) is 13.9 Å². The van der Waals surface area contributed by atoms with Crippen LogP contribution in [0.4, 0.5) is 4.39 Å². The summed E-state index contributed by atoms with van der Waals surface area (Å²) in [5.41, 5.74) is 0.663. The van der Waals surface area contributed by atoms with Gasteiger partial charge < -0.3 is 18.6 Å². The highest BCUT2D eigenvalue weighted by Gasteiger charge is 2.22. The maximum Gasteiger partial charge on any atom is 0.376 e. The minimum absolute atomic E-state index is 0.0643. The van der Waals surface area contributed by atoms with Crippen LogP contribution in [0, 0.1) is 5.82 Å². The Kier molecular flexibility index (Phi) is 4.54. The number of methoxy groups -OCH3 is 3. The lowest BCUT2D eigenvalue weighted by Gasteiger charge is -2.02. The van der Waals surface area contributed by atoms with Crippen molar-refractivity contribution in [2.75, 3.05) is 21.3 Å². The summed E-state index contributed by atoms with van der Waals surface area (Å²) >= 11 is 0. The zero-order chi connectivity index (χ0) is 15.4. The van der Waals surface area contributed by atoms with E-state index in [1.54, 1.807) is 6.07 Å². The fourth-order valence-corrected chi connectivity index (χ4v) is 1.76. The smallest absolute Gasteiger partial charge is 0.376 e. The zero-order valence-corrected chi connectivity index (χ0v) is 11.8. The molecule has 0 saturated carbocycles. The molecule has 0 fully saturated rings. The average molecular weight is 295 g/mol. The van der Waals surface area contributed by atoms with Crippen LogP contribution in [-0.4, -0.2) is 32.3 Å². The van der Waals surface area contributed by atoms with Crippen LogP contribution in [0.2, 0.25) is 0 Å². The number of hydrogen-bond acceptors (Lipinski definition) is 6. The standard InChI is InChI=1S/C14H14FNO5/c1-18-7-10-12(14(17)20-3)21-13(16-10)8-4-5-11(19-2)9(15)6-8/h4-6H,7H2,1-3H3. The molecule has 0 saturated heterocycles. The molecule has 1 heterocycles. The van der Waals surface area contributed by atoms with Gasteiger partial charge in [-0.1, -0.05) is 0 Å². The minimum Gasteiger partial charge on any atom is -0.494 e. The first-order valence-electron chi connectivity index (χ1n) is 6.01. The van der Waals surface area contributed by atoms with Crippen molar-refractivity contribution >= 4 is 5.97 Å². The van der Waals surface area contributed by atoms with E-state index in [1.807, 2.05) is 0 Å². The Bertz CT molecular complexity index is 653. The molecule has 1 aromatic heterocycles. The minimum atomic E-state index is -0.671. The molecule has 7 heteroatoms. The number of benzene rings is 1. The Morgan fingerprint density at radius 2 is 2.10 bits per heavy atom. The molecule has 0 atom stereocenters. The SMILES string of the molecule is COCc1nc(-c2ccc(OC)c(F)c2)oc1C(=O)OC. The third-order valence-electron chi connectivity index (χ3n) is 2.75. The van der Waals surface area contributed by atoms with Crippen molar-refractivity contribution in [3.05, 3.63) is 35.5 Å². The van der Waals surface area contributed by atoms with E-state index in [0.29, 0.717) is 5.56 Å². The first-order valence-corrected chi connectivity index (χ1v) is 6.01. The Morgan fingerprint density at radius 3 is 2.67 bits per heavy atom. The number of hydrogen-bond donors (Lipinski definition) is 0. The molecule has 112 valence electrons. The molecule has 0 amide bonds. The van der Waals surface area contributed by atoms with E-state index >= 15 is 0 Å². The van der Waals surface area contributed by atoms with E-state index in [-0.39, 0.29) is 29.7 Å². The number of oxazole rings is 1. The van der Waals surface area contributed by atoms with Crippen LogP contribution in [0.3, 0.4) is 0 Å². The normalized spacial score (nSPS) is 10.5. The number of rotatable bonds is 5. The molecule has 6 nitrogen and oxygen atoms in total. The van der Waals surface area contributed by atoms with Gasteiger partial charge in [-0.05, 0) is 18.2 Å². The molecule has 0 aliphatic rings. The summed E-state index contributed by atoms with van der Waals surface area (Å²) in [6, 6.07) is 4.23. The lowest BCUT2D eigenvalue weighted by Crippen LogP contribution is -2.04. The van der Waals surface area contributed by atoms with Gasteiger partial charge in [0.2, 0.25) is 11.7 Å². The highest BCUT2D eigenvalue weighted by atomic mass is 19.1. The summed E-state index contributed by atoms with van der Waals surface area (Å²) in [7, 11) is 4.06. The second-order valence-corrected chi connectivity index (χ2v) is 4.07. The summed E-state index contributed by atoms with van der Waals surface area (Å²) < 4.78 is 33.5. The molecule has 2 rings (SSSR count). The van der Waals surface area contributed by atoms with Gasteiger partial charge in [0.25, 0.3) is 0 Å². The third kappa shape index (κ3) is 3.03. The van der Waals surface area contributed by atoms with E-state index in [9.17, 15) is 9.18 Å². The summed E-state index contributed by atoms with van der Waals surface area (Å²) in [5.74, 6) is -1.08. The van der Waals surface area contributed by atoms with Crippen LogP contribution >= 0.6 is 0 Å². The van der Waals surface area contributed by atoms with Crippen molar-refractivity contribution < 1.29 is 27.8 Å². The zero-order valence-electron chi connectivity index (χ0n) is 11.8. The number of nitrogens with zero attached hydrogens (tertiary/aromatic N) is 1. The van der Waals surface area contributed by atoms with Gasteiger partial charge in [-0.15, -0.1) is 0 Å². The maximum absolute atomic E-state index is 13.7. The molecular weight excluding hydrogens is 281 g/mol. The van der Waals surface area contributed by atoms with Crippen LogP contribution < -0.4 is 4.74 Å². The Morgan fingerprint density at radius 1 is 1.33 bits per heavy atom. The van der Waals surface area contributed by atoms with Crippen molar-refractivity contribution in [1.82, 2.24) is 4.98 Å².